The molecule has 5 aromatic rings. The Balaban J connectivity index is 0.00000289. The van der Waals surface area contributed by atoms with Gasteiger partial charge in [-0.25, -0.2) is 0 Å². The summed E-state index contributed by atoms with van der Waals surface area (Å²) in [5.74, 6) is 1.47. The van der Waals surface area contributed by atoms with E-state index in [0.717, 1.165) is 12.0 Å². The highest BCUT2D eigenvalue weighted by atomic mass is 79.9. The van der Waals surface area contributed by atoms with Crippen LogP contribution in [0.1, 0.15) is 10.4 Å². The number of hydrogen-bond acceptors (Lipinski definition) is 2. The lowest BCUT2D eigenvalue weighted by Gasteiger charge is -2.27. The third-order valence-corrected chi connectivity index (χ3v) is 10.2. The highest BCUT2D eigenvalue weighted by Gasteiger charge is 2.47. The van der Waals surface area contributed by atoms with Crippen LogP contribution in [0.2, 0.25) is 0 Å². The van der Waals surface area contributed by atoms with Gasteiger partial charge >= 0.3 is 0 Å². The van der Waals surface area contributed by atoms with Crippen molar-refractivity contribution in [2.24, 2.45) is 0 Å². The molecule has 0 aliphatic carbocycles. The minimum atomic E-state index is -2.18. The summed E-state index contributed by atoms with van der Waals surface area (Å²) in [7, 11) is -2.18. The molecule has 0 aliphatic rings. The van der Waals surface area contributed by atoms with Gasteiger partial charge in [-0.05, 0) is 72.8 Å². The van der Waals surface area contributed by atoms with E-state index in [0.29, 0.717) is 11.3 Å². The van der Waals surface area contributed by atoms with Gasteiger partial charge in [0.15, 0.2) is 0 Å². The van der Waals surface area contributed by atoms with Gasteiger partial charge in [0, 0.05) is 11.6 Å². The third-order valence-electron chi connectivity index (χ3n) is 5.89. The standard InChI is InChI=1S/C31H24O2P.BrH/c32-24-25-19-21-26(22-20-25)33-27-11-10-18-31(23-27)34(28-12-4-1-5-13-28,29-14-6-2-7-15-29)30-16-8-3-9-17-30;/h1-24H;1H/q+1;/p-1. The van der Waals surface area contributed by atoms with Crippen LogP contribution in [0.3, 0.4) is 0 Å². The van der Waals surface area contributed by atoms with Gasteiger partial charge in [-0.15, -0.1) is 0 Å². The number of carbonyl (C=O) groups is 1. The maximum Gasteiger partial charge on any atom is 0.150 e. The van der Waals surface area contributed by atoms with Crippen molar-refractivity contribution in [1.29, 1.82) is 0 Å². The minimum absolute atomic E-state index is 0. The van der Waals surface area contributed by atoms with Crippen molar-refractivity contribution in [2.45, 2.75) is 0 Å². The number of rotatable bonds is 7. The lowest BCUT2D eigenvalue weighted by Crippen LogP contribution is -3.00. The van der Waals surface area contributed by atoms with Crippen molar-refractivity contribution in [3.63, 3.8) is 0 Å². The maximum absolute atomic E-state index is 11.0. The largest absolute Gasteiger partial charge is 1.00 e. The van der Waals surface area contributed by atoms with E-state index < -0.39 is 7.26 Å². The second kappa shape index (κ2) is 11.3. The summed E-state index contributed by atoms with van der Waals surface area (Å²) in [6, 6.07) is 47.9. The topological polar surface area (TPSA) is 26.3 Å². The Hall–Kier alpha value is -3.52. The van der Waals surface area contributed by atoms with Gasteiger partial charge in [-0.1, -0.05) is 60.7 Å². The Bertz CT molecular complexity index is 1280. The van der Waals surface area contributed by atoms with E-state index in [1.165, 1.54) is 21.2 Å². The van der Waals surface area contributed by atoms with Crippen LogP contribution in [0.4, 0.5) is 0 Å². The van der Waals surface area contributed by atoms with Gasteiger partial charge in [0.2, 0.25) is 0 Å². The molecule has 0 amide bonds. The van der Waals surface area contributed by atoms with E-state index in [1.54, 1.807) is 12.1 Å². The van der Waals surface area contributed by atoms with Crippen LogP contribution in [-0.2, 0) is 0 Å². The van der Waals surface area contributed by atoms with Crippen LogP contribution in [0.15, 0.2) is 140 Å². The van der Waals surface area contributed by atoms with E-state index in [2.05, 4.69) is 109 Å². The fourth-order valence-corrected chi connectivity index (χ4v) is 8.63. The number of ether oxygens (including phenoxy) is 1. The molecule has 0 aromatic heterocycles. The van der Waals surface area contributed by atoms with Gasteiger partial charge < -0.3 is 21.7 Å². The molecule has 0 saturated heterocycles. The van der Waals surface area contributed by atoms with E-state index in [1.807, 2.05) is 18.2 Å². The first-order valence-corrected chi connectivity index (χ1v) is 13.0. The molecule has 0 atom stereocenters. The lowest BCUT2D eigenvalue weighted by molar-refractivity contribution is -0.0000134. The highest BCUT2D eigenvalue weighted by molar-refractivity contribution is 8.01. The molecule has 172 valence electrons. The smallest absolute Gasteiger partial charge is 0.150 e. The second-order valence-electron chi connectivity index (χ2n) is 7.96. The summed E-state index contributed by atoms with van der Waals surface area (Å²) in [6.07, 6.45) is 0.836. The SMILES string of the molecule is O=Cc1ccc(Oc2cccc([P+](c3ccccc3)(c3ccccc3)c3ccccc3)c2)cc1.[Br-]. The lowest BCUT2D eigenvalue weighted by atomic mass is 10.2. The zero-order chi connectivity index (χ0) is 23.2. The van der Waals surface area contributed by atoms with Crippen LogP contribution in [0.5, 0.6) is 11.5 Å². The molecule has 0 heterocycles. The quantitative estimate of drug-likeness (QED) is 0.235. The van der Waals surface area contributed by atoms with Crippen molar-refractivity contribution in [1.82, 2.24) is 0 Å². The van der Waals surface area contributed by atoms with Crippen LogP contribution in [0.25, 0.3) is 0 Å². The molecule has 4 heteroatoms. The number of benzene rings is 5. The number of hydrogen-bond donors (Lipinski definition) is 0. The Morgan fingerprint density at radius 1 is 0.486 bits per heavy atom. The molecule has 5 rings (SSSR count). The summed E-state index contributed by atoms with van der Waals surface area (Å²) in [4.78, 5) is 11.0. The monoisotopic (exact) mass is 538 g/mol. The summed E-state index contributed by atoms with van der Waals surface area (Å²) in [6.45, 7) is 0. The van der Waals surface area contributed by atoms with Gasteiger partial charge in [0.25, 0.3) is 0 Å². The average molecular weight is 539 g/mol. The Morgan fingerprint density at radius 3 is 1.40 bits per heavy atom. The molecule has 35 heavy (non-hydrogen) atoms. The van der Waals surface area contributed by atoms with E-state index in [-0.39, 0.29) is 17.0 Å². The Morgan fingerprint density at radius 2 is 0.943 bits per heavy atom. The van der Waals surface area contributed by atoms with Crippen molar-refractivity contribution in [3.05, 3.63) is 145 Å². The molecule has 0 radical (unpaired) electrons. The summed E-state index contributed by atoms with van der Waals surface area (Å²) in [5, 5.41) is 5.10. The van der Waals surface area contributed by atoms with Crippen LogP contribution < -0.4 is 42.9 Å². The molecule has 0 spiro atoms. The first-order chi connectivity index (χ1) is 16.8. The first kappa shape index (κ1) is 24.6. The van der Waals surface area contributed by atoms with Crippen LogP contribution in [-0.4, -0.2) is 6.29 Å². The molecular weight excluding hydrogens is 515 g/mol. The summed E-state index contributed by atoms with van der Waals surface area (Å²) < 4.78 is 6.22. The second-order valence-corrected chi connectivity index (χ2v) is 11.4. The predicted molar refractivity (Wildman–Crippen MR) is 143 cm³/mol. The van der Waals surface area contributed by atoms with E-state index in [9.17, 15) is 4.79 Å². The minimum Gasteiger partial charge on any atom is -1.00 e. The zero-order valence-corrected chi connectivity index (χ0v) is 21.5. The summed E-state index contributed by atoms with van der Waals surface area (Å²) >= 11 is 0. The van der Waals surface area contributed by atoms with Gasteiger partial charge in [0.05, 0.1) is 0 Å². The van der Waals surface area contributed by atoms with Crippen molar-refractivity contribution in [3.8, 4) is 11.5 Å². The van der Waals surface area contributed by atoms with E-state index in [4.69, 9.17) is 4.74 Å². The molecule has 0 unspecified atom stereocenters. The molecule has 0 N–H and O–H groups in total. The third kappa shape index (κ3) is 4.98. The molecule has 0 saturated carbocycles. The summed E-state index contributed by atoms with van der Waals surface area (Å²) in [5.41, 5.74) is 0.628. The normalized spacial score (nSPS) is 10.7. The van der Waals surface area contributed by atoms with Crippen molar-refractivity contribution < 1.29 is 26.5 Å². The molecular formula is C31H24BrO2P. The van der Waals surface area contributed by atoms with Crippen molar-refractivity contribution >= 4 is 34.8 Å². The molecule has 0 fully saturated rings. The molecule has 0 bridgehead atoms. The fraction of sp³-hybridized carbons (Fsp3) is 0. The molecule has 2 nitrogen and oxygen atoms in total. The molecule has 0 aliphatic heterocycles. The zero-order valence-electron chi connectivity index (χ0n) is 19.0. The Labute approximate surface area is 217 Å². The fourth-order valence-electron chi connectivity index (χ4n) is 4.36. The van der Waals surface area contributed by atoms with Crippen LogP contribution >= 0.6 is 7.26 Å². The van der Waals surface area contributed by atoms with Crippen LogP contribution in [0, 0.1) is 0 Å². The van der Waals surface area contributed by atoms with Crippen molar-refractivity contribution in [2.75, 3.05) is 0 Å². The predicted octanol–water partition coefficient (Wildman–Crippen LogP) is 2.91. The Kier molecular flexibility index (Phi) is 7.92. The first-order valence-electron chi connectivity index (χ1n) is 11.2. The van der Waals surface area contributed by atoms with Gasteiger partial charge in [-0.3, -0.25) is 4.79 Å². The number of carbonyl (C=O) groups excluding carboxylic acids is 1. The van der Waals surface area contributed by atoms with Gasteiger partial charge in [-0.2, -0.15) is 0 Å². The maximum atomic E-state index is 11.0. The van der Waals surface area contributed by atoms with E-state index >= 15 is 0 Å². The van der Waals surface area contributed by atoms with Gasteiger partial charge in [0.1, 0.15) is 46.3 Å². The molecule has 5 aromatic carbocycles. The average Bonchev–Trinajstić information content (AvgIpc) is 2.92. The number of halogens is 1. The highest BCUT2D eigenvalue weighted by Crippen LogP contribution is 2.54. The number of aldehydes is 1.